The van der Waals surface area contributed by atoms with Crippen molar-refractivity contribution in [3.8, 4) is 23.0 Å². The summed E-state index contributed by atoms with van der Waals surface area (Å²) in [5.74, 6) is -1.38. The van der Waals surface area contributed by atoms with Gasteiger partial charge in [-0.1, -0.05) is 30.9 Å². The number of rotatable bonds is 5. The van der Waals surface area contributed by atoms with Crippen LogP contribution in [0.2, 0.25) is 0 Å². The average Bonchev–Trinajstić information content (AvgIpc) is 2.70. The number of carbonyl (C=O) groups is 1. The topological polar surface area (TPSA) is 107 Å². The molecular formula is C26H28O6. The number of hydrogen-bond acceptors (Lipinski definition) is 6. The minimum Gasteiger partial charge on any atom is -0.507 e. The van der Waals surface area contributed by atoms with E-state index in [4.69, 9.17) is 4.74 Å². The van der Waals surface area contributed by atoms with Gasteiger partial charge < -0.3 is 25.2 Å². The van der Waals surface area contributed by atoms with Crippen molar-refractivity contribution in [3.05, 3.63) is 70.8 Å². The number of aliphatic hydroxyl groups excluding tert-OH is 1. The molecule has 0 radical (unpaired) electrons. The normalized spacial score (nSPS) is 17.3. The maximum Gasteiger partial charge on any atom is 0.202 e. The van der Waals surface area contributed by atoms with Crippen LogP contribution in [0, 0.1) is 0 Å². The lowest BCUT2D eigenvalue weighted by Gasteiger charge is -2.33. The zero-order chi connectivity index (χ0) is 23.9. The fourth-order valence-electron chi connectivity index (χ4n) is 3.80. The van der Waals surface area contributed by atoms with Crippen LogP contribution in [0.25, 0.3) is 11.1 Å². The average molecular weight is 437 g/mol. The summed E-state index contributed by atoms with van der Waals surface area (Å²) in [7, 11) is 0. The second kappa shape index (κ2) is 8.55. The Morgan fingerprint density at radius 2 is 1.72 bits per heavy atom. The number of benzene rings is 2. The Balaban J connectivity index is 2.23. The number of hydrogen-bond donors (Lipinski definition) is 4. The molecule has 0 aromatic heterocycles. The number of phenols is 3. The second-order valence-electron chi connectivity index (χ2n) is 8.43. The van der Waals surface area contributed by atoms with Gasteiger partial charge in [0.2, 0.25) is 5.78 Å². The molecule has 1 heterocycles. The van der Waals surface area contributed by atoms with Gasteiger partial charge in [0.1, 0.15) is 28.6 Å². The molecule has 0 saturated carbocycles. The van der Waals surface area contributed by atoms with Crippen molar-refractivity contribution in [2.24, 2.45) is 0 Å². The molecule has 0 bridgehead atoms. The SMILES string of the molecule is C=C(C)c1cc([C@H]2Oc3c(C(=C)C)c(O)c(CC=C(C)C)c(O)c3C(=O)[C@@H]2O)ccc1O. The standard InChI is InChI=1S/C26H28O6/c1-12(2)7-9-16-21(28)19(14(5)6)26-20(22(16)29)23(30)24(31)25(32-26)15-8-10-18(27)17(11-15)13(3)4/h7-8,10-11,24-25,27-29,31H,3,5,9H2,1-2,4,6H3/t24-,25+/m0/s1. The Morgan fingerprint density at radius 1 is 1.06 bits per heavy atom. The van der Waals surface area contributed by atoms with Gasteiger partial charge in [-0.2, -0.15) is 0 Å². The molecule has 6 nitrogen and oxygen atoms in total. The van der Waals surface area contributed by atoms with Gasteiger partial charge >= 0.3 is 0 Å². The molecule has 2 aromatic rings. The lowest BCUT2D eigenvalue weighted by Crippen LogP contribution is -2.37. The molecule has 0 fully saturated rings. The van der Waals surface area contributed by atoms with Crippen molar-refractivity contribution in [1.82, 2.24) is 0 Å². The van der Waals surface area contributed by atoms with Crippen LogP contribution in [0.5, 0.6) is 23.0 Å². The van der Waals surface area contributed by atoms with Gasteiger partial charge in [-0.25, -0.2) is 0 Å². The molecule has 3 rings (SSSR count). The van der Waals surface area contributed by atoms with Crippen LogP contribution < -0.4 is 4.74 Å². The van der Waals surface area contributed by atoms with Gasteiger partial charge in [0.25, 0.3) is 0 Å². The number of Topliss-reactive ketones (excluding diaryl/α,β-unsaturated/α-hetero) is 1. The summed E-state index contributed by atoms with van der Waals surface area (Å²) in [6.07, 6.45) is -0.712. The number of ketones is 1. The molecule has 1 aliphatic heterocycles. The highest BCUT2D eigenvalue weighted by Crippen LogP contribution is 2.50. The van der Waals surface area contributed by atoms with Crippen LogP contribution in [-0.2, 0) is 6.42 Å². The van der Waals surface area contributed by atoms with E-state index in [0.717, 1.165) is 5.57 Å². The maximum absolute atomic E-state index is 13.2. The molecule has 0 spiro atoms. The Kier molecular flexibility index (Phi) is 6.19. The summed E-state index contributed by atoms with van der Waals surface area (Å²) in [5.41, 5.74) is 3.10. The van der Waals surface area contributed by atoms with Crippen LogP contribution in [-0.4, -0.2) is 32.3 Å². The molecule has 6 heteroatoms. The monoisotopic (exact) mass is 436 g/mol. The number of ether oxygens (including phenoxy) is 1. The summed E-state index contributed by atoms with van der Waals surface area (Å²) >= 11 is 0. The summed E-state index contributed by atoms with van der Waals surface area (Å²) in [4.78, 5) is 13.2. The van der Waals surface area contributed by atoms with E-state index in [-0.39, 0.29) is 40.4 Å². The fourth-order valence-corrected chi connectivity index (χ4v) is 3.80. The highest BCUT2D eigenvalue weighted by atomic mass is 16.5. The predicted octanol–water partition coefficient (Wildman–Crippen LogP) is 5.06. The Labute approximate surface area is 187 Å². The third kappa shape index (κ3) is 3.89. The molecule has 4 N–H and O–H groups in total. The van der Waals surface area contributed by atoms with E-state index in [1.807, 2.05) is 19.9 Å². The molecule has 0 amide bonds. The van der Waals surface area contributed by atoms with Crippen molar-refractivity contribution < 1.29 is 30.0 Å². The number of phenolic OH excluding ortho intramolecular Hbond substituents is 3. The minimum atomic E-state index is -1.60. The Bertz CT molecular complexity index is 1170. The summed E-state index contributed by atoms with van der Waals surface area (Å²) < 4.78 is 6.03. The van der Waals surface area contributed by atoms with Crippen LogP contribution in [0.15, 0.2) is 43.0 Å². The lowest BCUT2D eigenvalue weighted by atomic mass is 9.86. The number of aliphatic hydroxyl groups is 1. The van der Waals surface area contributed by atoms with Gasteiger partial charge in [0.15, 0.2) is 12.2 Å². The Hall–Kier alpha value is -3.51. The number of carbonyl (C=O) groups excluding carboxylic acids is 1. The highest BCUT2D eigenvalue weighted by Gasteiger charge is 2.42. The quantitative estimate of drug-likeness (QED) is 0.488. The van der Waals surface area contributed by atoms with Crippen molar-refractivity contribution in [2.45, 2.75) is 46.3 Å². The van der Waals surface area contributed by atoms with Crippen molar-refractivity contribution >= 4 is 16.9 Å². The van der Waals surface area contributed by atoms with Crippen molar-refractivity contribution in [2.75, 3.05) is 0 Å². The first-order valence-electron chi connectivity index (χ1n) is 10.2. The van der Waals surface area contributed by atoms with Crippen LogP contribution in [0.4, 0.5) is 0 Å². The first-order chi connectivity index (χ1) is 15.0. The highest BCUT2D eigenvalue weighted by molar-refractivity contribution is 6.08. The molecule has 168 valence electrons. The van der Waals surface area contributed by atoms with E-state index in [9.17, 15) is 25.2 Å². The molecule has 0 saturated heterocycles. The van der Waals surface area contributed by atoms with Gasteiger partial charge in [-0.05, 0) is 63.0 Å². The molecule has 0 aliphatic carbocycles. The summed E-state index contributed by atoms with van der Waals surface area (Å²) in [6.45, 7) is 14.9. The van der Waals surface area contributed by atoms with Gasteiger partial charge in [-0.3, -0.25) is 4.79 Å². The molecule has 32 heavy (non-hydrogen) atoms. The van der Waals surface area contributed by atoms with E-state index in [2.05, 4.69) is 13.2 Å². The molecular weight excluding hydrogens is 408 g/mol. The Morgan fingerprint density at radius 3 is 2.28 bits per heavy atom. The first-order valence-corrected chi connectivity index (χ1v) is 10.2. The fraction of sp³-hybridized carbons (Fsp3) is 0.269. The lowest BCUT2D eigenvalue weighted by molar-refractivity contribution is 0.0209. The van der Waals surface area contributed by atoms with Crippen molar-refractivity contribution in [3.63, 3.8) is 0 Å². The predicted molar refractivity (Wildman–Crippen MR) is 124 cm³/mol. The van der Waals surface area contributed by atoms with Gasteiger partial charge in [-0.15, -0.1) is 0 Å². The second-order valence-corrected chi connectivity index (χ2v) is 8.43. The third-order valence-electron chi connectivity index (χ3n) is 5.50. The smallest absolute Gasteiger partial charge is 0.202 e. The molecule has 0 unspecified atom stereocenters. The molecule has 1 aliphatic rings. The van der Waals surface area contributed by atoms with E-state index in [1.54, 1.807) is 19.9 Å². The van der Waals surface area contributed by atoms with Crippen LogP contribution in [0.3, 0.4) is 0 Å². The molecule has 2 atom stereocenters. The van der Waals surface area contributed by atoms with E-state index in [1.165, 1.54) is 12.1 Å². The van der Waals surface area contributed by atoms with Crippen LogP contribution in [0.1, 0.15) is 66.4 Å². The zero-order valence-corrected chi connectivity index (χ0v) is 18.7. The number of allylic oxidation sites excluding steroid dienone is 4. The summed E-state index contributed by atoms with van der Waals surface area (Å²) in [5, 5.41) is 42.7. The van der Waals surface area contributed by atoms with E-state index in [0.29, 0.717) is 22.3 Å². The number of aromatic hydroxyl groups is 3. The van der Waals surface area contributed by atoms with Crippen LogP contribution >= 0.6 is 0 Å². The number of fused-ring (bicyclic) bond motifs is 1. The van der Waals surface area contributed by atoms with E-state index >= 15 is 0 Å². The minimum absolute atomic E-state index is 0.0140. The first kappa shape index (κ1) is 23.2. The third-order valence-corrected chi connectivity index (χ3v) is 5.50. The maximum atomic E-state index is 13.2. The van der Waals surface area contributed by atoms with Gasteiger partial charge in [0.05, 0.1) is 5.56 Å². The summed E-state index contributed by atoms with van der Waals surface area (Å²) in [6, 6.07) is 4.57. The van der Waals surface area contributed by atoms with Gasteiger partial charge in [0, 0.05) is 11.1 Å². The largest absolute Gasteiger partial charge is 0.507 e. The zero-order valence-electron chi connectivity index (χ0n) is 18.7. The molecule has 2 aromatic carbocycles. The van der Waals surface area contributed by atoms with E-state index < -0.39 is 23.7 Å². The van der Waals surface area contributed by atoms with Crippen molar-refractivity contribution in [1.29, 1.82) is 0 Å².